The van der Waals surface area contributed by atoms with E-state index in [9.17, 15) is 0 Å². The molecule has 0 aromatic carbocycles. The first-order valence-electron chi connectivity index (χ1n) is 5.72. The van der Waals surface area contributed by atoms with Crippen LogP contribution in [0.3, 0.4) is 0 Å². The maximum atomic E-state index is 5.88. The Hall–Kier alpha value is -0.910. The number of rotatable bonds is 3. The number of morpholine rings is 1. The van der Waals surface area contributed by atoms with Crippen molar-refractivity contribution in [2.45, 2.75) is 25.6 Å². The molecule has 2 rings (SSSR count). The van der Waals surface area contributed by atoms with Crippen molar-refractivity contribution in [3.8, 4) is 0 Å². The first kappa shape index (κ1) is 11.6. The Morgan fingerprint density at radius 2 is 2.50 bits per heavy atom. The molecule has 5 heteroatoms. The molecule has 1 aromatic rings. The SMILES string of the molecule is CC(N)c1cncn1CC1CN(C)CCO1. The second-order valence-electron chi connectivity index (χ2n) is 4.51. The van der Waals surface area contributed by atoms with Crippen molar-refractivity contribution in [3.63, 3.8) is 0 Å². The quantitative estimate of drug-likeness (QED) is 0.798. The molecule has 1 saturated heterocycles. The van der Waals surface area contributed by atoms with Crippen LogP contribution in [0.25, 0.3) is 0 Å². The van der Waals surface area contributed by atoms with Gasteiger partial charge in [0.25, 0.3) is 0 Å². The fraction of sp³-hybridized carbons (Fsp3) is 0.727. The van der Waals surface area contributed by atoms with Crippen molar-refractivity contribution in [1.29, 1.82) is 0 Å². The number of aromatic nitrogens is 2. The van der Waals surface area contributed by atoms with Gasteiger partial charge in [0, 0.05) is 25.3 Å². The summed E-state index contributed by atoms with van der Waals surface area (Å²) in [6, 6.07) is 0.0174. The lowest BCUT2D eigenvalue weighted by molar-refractivity contribution is -0.0278. The molecule has 0 saturated carbocycles. The predicted octanol–water partition coefficient (Wildman–Crippen LogP) is 0.233. The monoisotopic (exact) mass is 224 g/mol. The molecular weight excluding hydrogens is 204 g/mol. The van der Waals surface area contributed by atoms with Crippen molar-refractivity contribution in [2.24, 2.45) is 5.73 Å². The van der Waals surface area contributed by atoms with Gasteiger partial charge in [0.15, 0.2) is 0 Å². The van der Waals surface area contributed by atoms with Crippen LogP contribution in [0.4, 0.5) is 0 Å². The summed E-state index contributed by atoms with van der Waals surface area (Å²) in [6.45, 7) is 5.60. The molecule has 0 bridgehead atoms. The van der Waals surface area contributed by atoms with Crippen molar-refractivity contribution in [3.05, 3.63) is 18.2 Å². The molecule has 0 radical (unpaired) electrons. The van der Waals surface area contributed by atoms with Gasteiger partial charge < -0.3 is 19.9 Å². The molecule has 5 nitrogen and oxygen atoms in total. The molecule has 16 heavy (non-hydrogen) atoms. The summed E-state index contributed by atoms with van der Waals surface area (Å²) in [5.74, 6) is 0. The van der Waals surface area contributed by atoms with E-state index in [0.717, 1.165) is 31.9 Å². The van der Waals surface area contributed by atoms with Gasteiger partial charge >= 0.3 is 0 Å². The highest BCUT2D eigenvalue weighted by Crippen LogP contribution is 2.12. The van der Waals surface area contributed by atoms with E-state index in [4.69, 9.17) is 10.5 Å². The van der Waals surface area contributed by atoms with Crippen LogP contribution in [-0.4, -0.2) is 47.3 Å². The minimum Gasteiger partial charge on any atom is -0.374 e. The molecule has 90 valence electrons. The van der Waals surface area contributed by atoms with Crippen LogP contribution >= 0.6 is 0 Å². The molecule has 2 N–H and O–H groups in total. The van der Waals surface area contributed by atoms with E-state index in [1.807, 2.05) is 19.4 Å². The average molecular weight is 224 g/mol. The molecule has 2 unspecified atom stereocenters. The maximum absolute atomic E-state index is 5.88. The predicted molar refractivity (Wildman–Crippen MR) is 62.1 cm³/mol. The number of hydrogen-bond acceptors (Lipinski definition) is 4. The highest BCUT2D eigenvalue weighted by atomic mass is 16.5. The minimum absolute atomic E-state index is 0.0174. The molecule has 1 aliphatic heterocycles. The van der Waals surface area contributed by atoms with Gasteiger partial charge in [-0.2, -0.15) is 0 Å². The van der Waals surface area contributed by atoms with E-state index in [0.29, 0.717) is 0 Å². The van der Waals surface area contributed by atoms with Crippen molar-refractivity contribution >= 4 is 0 Å². The van der Waals surface area contributed by atoms with Gasteiger partial charge in [-0.05, 0) is 14.0 Å². The first-order chi connectivity index (χ1) is 7.66. The number of imidazole rings is 1. The summed E-state index contributed by atoms with van der Waals surface area (Å²) >= 11 is 0. The third-order valence-corrected chi connectivity index (χ3v) is 2.95. The van der Waals surface area contributed by atoms with Crippen LogP contribution in [0.15, 0.2) is 12.5 Å². The second-order valence-corrected chi connectivity index (χ2v) is 4.51. The Kier molecular flexibility index (Phi) is 3.58. The number of nitrogens with two attached hydrogens (primary N) is 1. The van der Waals surface area contributed by atoms with Gasteiger partial charge in [0.1, 0.15) is 0 Å². The van der Waals surface area contributed by atoms with Gasteiger partial charge in [0.2, 0.25) is 0 Å². The Labute approximate surface area is 96.2 Å². The highest BCUT2D eigenvalue weighted by Gasteiger charge is 2.19. The van der Waals surface area contributed by atoms with Crippen LogP contribution in [0.1, 0.15) is 18.7 Å². The lowest BCUT2D eigenvalue weighted by Crippen LogP contribution is -2.42. The Morgan fingerprint density at radius 1 is 1.69 bits per heavy atom. The van der Waals surface area contributed by atoms with E-state index in [1.165, 1.54) is 0 Å². The standard InChI is InChI=1S/C11H20N4O/c1-9(12)11-5-13-8-15(11)7-10-6-14(2)3-4-16-10/h5,8-10H,3-4,6-7,12H2,1-2H3. The fourth-order valence-corrected chi connectivity index (χ4v) is 2.06. The van der Waals surface area contributed by atoms with Crippen LogP contribution in [0, 0.1) is 0 Å². The zero-order valence-corrected chi connectivity index (χ0v) is 9.97. The maximum Gasteiger partial charge on any atom is 0.0949 e. The van der Waals surface area contributed by atoms with Gasteiger partial charge in [0.05, 0.1) is 31.3 Å². The van der Waals surface area contributed by atoms with Crippen molar-refractivity contribution in [2.75, 3.05) is 26.7 Å². The summed E-state index contributed by atoms with van der Waals surface area (Å²) < 4.78 is 7.82. The summed E-state index contributed by atoms with van der Waals surface area (Å²) in [5.41, 5.74) is 6.95. The first-order valence-corrected chi connectivity index (χ1v) is 5.72. The lowest BCUT2D eigenvalue weighted by atomic mass is 10.2. The van der Waals surface area contributed by atoms with E-state index in [1.54, 1.807) is 0 Å². The minimum atomic E-state index is 0.0174. The largest absolute Gasteiger partial charge is 0.374 e. The Morgan fingerprint density at radius 3 is 3.19 bits per heavy atom. The van der Waals surface area contributed by atoms with Gasteiger partial charge in [-0.1, -0.05) is 0 Å². The van der Waals surface area contributed by atoms with Gasteiger partial charge in [-0.25, -0.2) is 4.98 Å². The topological polar surface area (TPSA) is 56.3 Å². The zero-order chi connectivity index (χ0) is 11.5. The van der Waals surface area contributed by atoms with Crippen LogP contribution in [-0.2, 0) is 11.3 Å². The third kappa shape index (κ3) is 2.61. The Balaban J connectivity index is 2.00. The van der Waals surface area contributed by atoms with Crippen molar-refractivity contribution < 1.29 is 4.74 Å². The van der Waals surface area contributed by atoms with Gasteiger partial charge in [-0.3, -0.25) is 0 Å². The van der Waals surface area contributed by atoms with Gasteiger partial charge in [-0.15, -0.1) is 0 Å². The number of ether oxygens (including phenoxy) is 1. The lowest BCUT2D eigenvalue weighted by Gasteiger charge is -2.30. The average Bonchev–Trinajstić information content (AvgIpc) is 2.66. The molecule has 2 atom stereocenters. The van der Waals surface area contributed by atoms with Crippen molar-refractivity contribution in [1.82, 2.24) is 14.5 Å². The summed E-state index contributed by atoms with van der Waals surface area (Å²) in [4.78, 5) is 6.43. The van der Waals surface area contributed by atoms with Crippen LogP contribution < -0.4 is 5.73 Å². The molecule has 2 heterocycles. The smallest absolute Gasteiger partial charge is 0.0949 e. The summed E-state index contributed by atoms with van der Waals surface area (Å²) in [5, 5.41) is 0. The third-order valence-electron chi connectivity index (χ3n) is 2.95. The zero-order valence-electron chi connectivity index (χ0n) is 9.97. The molecule has 0 spiro atoms. The summed E-state index contributed by atoms with van der Waals surface area (Å²) in [7, 11) is 2.12. The normalized spacial score (nSPS) is 24.6. The number of likely N-dealkylation sites (N-methyl/N-ethyl adjacent to an activating group) is 1. The molecule has 1 aromatic heterocycles. The molecular formula is C11H20N4O. The highest BCUT2D eigenvalue weighted by molar-refractivity contribution is 5.03. The number of nitrogens with zero attached hydrogens (tertiary/aromatic N) is 3. The van der Waals surface area contributed by atoms with E-state index < -0.39 is 0 Å². The molecule has 1 aliphatic rings. The number of hydrogen-bond donors (Lipinski definition) is 1. The summed E-state index contributed by atoms with van der Waals surface area (Å²) in [6.07, 6.45) is 3.90. The second kappa shape index (κ2) is 4.95. The van der Waals surface area contributed by atoms with E-state index >= 15 is 0 Å². The molecule has 1 fully saturated rings. The van der Waals surface area contributed by atoms with Crippen LogP contribution in [0.2, 0.25) is 0 Å². The Bertz CT molecular complexity index is 336. The molecule has 0 amide bonds. The fourth-order valence-electron chi connectivity index (χ4n) is 2.06. The van der Waals surface area contributed by atoms with Crippen LogP contribution in [0.5, 0.6) is 0 Å². The molecule has 0 aliphatic carbocycles. The van der Waals surface area contributed by atoms with E-state index in [2.05, 4.69) is 21.5 Å². The van der Waals surface area contributed by atoms with E-state index in [-0.39, 0.29) is 12.1 Å².